The van der Waals surface area contributed by atoms with Gasteiger partial charge in [0.25, 0.3) is 0 Å². The second-order valence-corrected chi connectivity index (χ2v) is 26.7. The summed E-state index contributed by atoms with van der Waals surface area (Å²) in [5.41, 5.74) is 1.60. The molecule has 5 nitrogen and oxygen atoms in total. The molecule has 0 radical (unpaired) electrons. The number of hydrogen-bond acceptors (Lipinski definition) is 6. The van der Waals surface area contributed by atoms with Crippen LogP contribution in [0.3, 0.4) is 0 Å². The second-order valence-electron chi connectivity index (χ2n) is 22.0. The first-order valence-corrected chi connectivity index (χ1v) is 25.9. The molecule has 0 saturated heterocycles. The lowest BCUT2D eigenvalue weighted by Gasteiger charge is -2.54. The van der Waals surface area contributed by atoms with Gasteiger partial charge < -0.3 is 13.9 Å². The van der Waals surface area contributed by atoms with E-state index in [2.05, 4.69) is 113 Å². The highest BCUT2D eigenvalue weighted by atomic mass is 32.1. The molecule has 8 saturated carbocycles. The van der Waals surface area contributed by atoms with Crippen molar-refractivity contribution in [2.75, 3.05) is 0 Å². The van der Waals surface area contributed by atoms with Crippen LogP contribution in [-0.2, 0) is 23.5 Å². The van der Waals surface area contributed by atoms with E-state index in [1.54, 1.807) is 0 Å². The van der Waals surface area contributed by atoms with Crippen molar-refractivity contribution in [2.24, 2.45) is 52.8 Å². The van der Waals surface area contributed by atoms with Gasteiger partial charge in [-0.15, -0.1) is 12.6 Å². The third-order valence-corrected chi connectivity index (χ3v) is 22.3. The van der Waals surface area contributed by atoms with Crippen LogP contribution >= 0.6 is 12.6 Å². The highest BCUT2D eigenvalue weighted by molar-refractivity contribution is 7.80. The molecular weight excluding hydrogens is 777 g/mol. The van der Waals surface area contributed by atoms with Gasteiger partial charge in [-0.3, -0.25) is 9.59 Å². The molecule has 3 aromatic carbocycles. The van der Waals surface area contributed by atoms with Gasteiger partial charge in [0.05, 0.1) is 5.76 Å². The van der Waals surface area contributed by atoms with Crippen LogP contribution in [0.15, 0.2) is 95.1 Å². The van der Waals surface area contributed by atoms with Crippen LogP contribution in [0, 0.1) is 59.7 Å². The van der Waals surface area contributed by atoms with E-state index in [0.717, 1.165) is 102 Å². The van der Waals surface area contributed by atoms with Crippen molar-refractivity contribution in [1.82, 2.24) is 0 Å². The van der Waals surface area contributed by atoms with Gasteiger partial charge in [0.2, 0.25) is 0 Å². The molecular formula is C53H66O5SSi. The average Bonchev–Trinajstić information content (AvgIpc) is 3.36. The van der Waals surface area contributed by atoms with Crippen LogP contribution in [0.2, 0.25) is 5.04 Å². The largest absolute Gasteiger partial charge is 0.537 e. The summed E-state index contributed by atoms with van der Waals surface area (Å²) in [7, 11) is -3.07. The van der Waals surface area contributed by atoms with Crippen molar-refractivity contribution in [3.05, 3.63) is 101 Å². The normalized spacial score (nSPS) is 35.6. The molecule has 8 fully saturated rings. The minimum atomic E-state index is -3.07. The number of aryl methyl sites for hydroxylation is 1. The topological polar surface area (TPSA) is 61.8 Å². The molecule has 1 unspecified atom stereocenters. The number of thiol groups is 1. The highest BCUT2D eigenvalue weighted by Gasteiger charge is 2.60. The Kier molecular flexibility index (Phi) is 10.5. The van der Waals surface area contributed by atoms with Gasteiger partial charge in [-0.05, 0) is 177 Å². The van der Waals surface area contributed by atoms with Crippen molar-refractivity contribution >= 4 is 43.3 Å². The zero-order valence-corrected chi connectivity index (χ0v) is 38.4. The first kappa shape index (κ1) is 40.8. The molecule has 1 atom stereocenters. The van der Waals surface area contributed by atoms with E-state index in [1.807, 2.05) is 0 Å². The van der Waals surface area contributed by atoms with Crippen LogP contribution in [0.25, 0.3) is 0 Å². The van der Waals surface area contributed by atoms with E-state index in [9.17, 15) is 0 Å². The fourth-order valence-corrected chi connectivity index (χ4v) is 19.6. The Morgan fingerprint density at radius 1 is 0.650 bits per heavy atom. The minimum Gasteiger partial charge on any atom is -0.537 e. The second kappa shape index (κ2) is 15.5. The fraction of sp³-hybridized carbons (Fsp3) is 0.585. The number of benzene rings is 3. The van der Waals surface area contributed by atoms with Gasteiger partial charge in [-0.25, -0.2) is 0 Å². The van der Waals surface area contributed by atoms with Gasteiger partial charge in [0, 0.05) is 11.3 Å². The van der Waals surface area contributed by atoms with Crippen LogP contribution in [0.4, 0.5) is 0 Å². The van der Waals surface area contributed by atoms with E-state index in [4.69, 9.17) is 26.5 Å². The lowest BCUT2D eigenvalue weighted by Crippen LogP contribution is -2.66. The summed E-state index contributed by atoms with van der Waals surface area (Å²) in [4.78, 5) is 32.3. The monoisotopic (exact) mass is 842 g/mol. The Morgan fingerprint density at radius 3 is 1.53 bits per heavy atom. The SMILES string of the molecule is CC1=C(O[Si](c2ccccc2)(c2ccccc2)C(C)(C)C)CC(c2cc(C)ccc2S)CC(C(=O)OC2C3CC4CC(C3)CC2C4)(C(=O)OC2C3CC4CC(C3)CC2C4)C1. The molecule has 60 heavy (non-hydrogen) atoms. The lowest BCUT2D eigenvalue weighted by molar-refractivity contribution is -0.199. The molecule has 3 aromatic rings. The van der Waals surface area contributed by atoms with Crippen LogP contribution in [0.5, 0.6) is 0 Å². The predicted octanol–water partition coefficient (Wildman–Crippen LogP) is 11.1. The summed E-state index contributed by atoms with van der Waals surface area (Å²) in [5.74, 6) is 4.47. The molecule has 9 aliphatic rings. The van der Waals surface area contributed by atoms with Gasteiger partial charge in [0.15, 0.2) is 5.41 Å². The summed E-state index contributed by atoms with van der Waals surface area (Å²) in [6, 6.07) is 27.9. The highest BCUT2D eigenvalue weighted by Crippen LogP contribution is 2.58. The maximum absolute atomic E-state index is 15.7. The molecule has 0 N–H and O–H groups in total. The summed E-state index contributed by atoms with van der Waals surface area (Å²) in [5, 5.41) is 2.13. The predicted molar refractivity (Wildman–Crippen MR) is 243 cm³/mol. The van der Waals surface area contributed by atoms with Gasteiger partial charge >= 0.3 is 20.3 Å². The Labute approximate surface area is 365 Å². The molecule has 0 spiro atoms. The quantitative estimate of drug-likeness (QED) is 0.101. The summed E-state index contributed by atoms with van der Waals surface area (Å²) >= 11 is 5.09. The van der Waals surface area contributed by atoms with Crippen molar-refractivity contribution in [3.8, 4) is 0 Å². The summed E-state index contributed by atoms with van der Waals surface area (Å²) < 4.78 is 21.8. The number of ether oxygens (including phenoxy) is 2. The molecule has 0 amide bonds. The third-order valence-electron chi connectivity index (χ3n) is 16.9. The van der Waals surface area contributed by atoms with Gasteiger partial charge in [-0.1, -0.05) is 99.1 Å². The van der Waals surface area contributed by atoms with E-state index >= 15 is 9.59 Å². The molecule has 9 aliphatic carbocycles. The number of esters is 2. The molecule has 7 heteroatoms. The number of carbonyl (C=O) groups excluding carboxylic acids is 2. The number of hydrogen-bond donors (Lipinski definition) is 1. The summed E-state index contributed by atoms with van der Waals surface area (Å²) in [6.07, 6.45) is 12.6. The molecule has 0 heterocycles. The maximum Gasteiger partial charge on any atom is 0.324 e. The standard InChI is InChI=1S/C53H66O5SSi/c1-32-16-17-47(59)45(18-32)42-29-46(58-60(52(3,4)5,43-12-8-6-9-13-43)44-14-10-7-11-15-44)33(2)30-53(31-42,50(54)56-48-38-21-34-19-35(23-38)24-39(48)22-34)51(55)57-49-40-25-36-20-37(27-40)28-41(49)26-36/h6-18,34-42,48-49,59H,19-31H2,1-5H3. The van der Waals surface area contributed by atoms with Crippen LogP contribution in [0.1, 0.15) is 128 Å². The smallest absolute Gasteiger partial charge is 0.324 e. The Hall–Kier alpha value is -3.29. The van der Waals surface area contributed by atoms with Crippen LogP contribution in [-0.4, -0.2) is 32.5 Å². The zero-order chi connectivity index (χ0) is 41.6. The lowest BCUT2D eigenvalue weighted by atomic mass is 9.55. The number of rotatable bonds is 9. The van der Waals surface area contributed by atoms with E-state index in [0.29, 0.717) is 36.5 Å². The Morgan fingerprint density at radius 2 is 1.10 bits per heavy atom. The third kappa shape index (κ3) is 7.04. The first-order chi connectivity index (χ1) is 28.8. The number of carbonyl (C=O) groups is 2. The Bertz CT molecular complexity index is 1990. The molecule has 0 aromatic heterocycles. The molecule has 318 valence electrons. The van der Waals surface area contributed by atoms with Crippen molar-refractivity contribution in [1.29, 1.82) is 0 Å². The van der Waals surface area contributed by atoms with Crippen LogP contribution < -0.4 is 10.4 Å². The van der Waals surface area contributed by atoms with Gasteiger partial charge in [-0.2, -0.15) is 0 Å². The Balaban J connectivity index is 1.10. The summed E-state index contributed by atoms with van der Waals surface area (Å²) in [6.45, 7) is 11.2. The van der Waals surface area contributed by atoms with Crippen molar-refractivity contribution in [2.45, 2.75) is 146 Å². The first-order valence-electron chi connectivity index (χ1n) is 23.5. The minimum absolute atomic E-state index is 0.130. The molecule has 12 rings (SSSR count). The fourth-order valence-electron chi connectivity index (χ4n) is 14.7. The van der Waals surface area contributed by atoms with Gasteiger partial charge in [0.1, 0.15) is 12.2 Å². The van der Waals surface area contributed by atoms with E-state index < -0.39 is 13.7 Å². The number of allylic oxidation sites excluding steroid dienone is 2. The molecule has 8 bridgehead atoms. The molecule has 0 aliphatic heterocycles. The zero-order valence-electron chi connectivity index (χ0n) is 36.5. The van der Waals surface area contributed by atoms with Crippen molar-refractivity contribution < 1.29 is 23.5 Å². The van der Waals surface area contributed by atoms with E-state index in [-0.39, 0.29) is 41.5 Å². The van der Waals surface area contributed by atoms with Crippen molar-refractivity contribution in [3.63, 3.8) is 0 Å². The average molecular weight is 843 g/mol. The van der Waals surface area contributed by atoms with E-state index in [1.165, 1.54) is 23.2 Å². The maximum atomic E-state index is 15.7.